The number of carbonyl (C=O) groups excluding carboxylic acids is 1. The van der Waals surface area contributed by atoms with E-state index in [9.17, 15) is 13.2 Å². The Bertz CT molecular complexity index is 1470. The maximum Gasteiger partial charge on any atom is 0.261 e. The van der Waals surface area contributed by atoms with Crippen LogP contribution in [0.2, 0.25) is 10.0 Å². The summed E-state index contributed by atoms with van der Waals surface area (Å²) in [6.07, 6.45) is 1.72. The van der Waals surface area contributed by atoms with Crippen LogP contribution in [0.25, 0.3) is 11.6 Å². The summed E-state index contributed by atoms with van der Waals surface area (Å²) in [5, 5.41) is 3.87. The molecule has 0 saturated carbocycles. The molecule has 4 aromatic carbocycles. The van der Waals surface area contributed by atoms with Gasteiger partial charge in [-0.15, -0.1) is 0 Å². The standard InChI is InChI=1S/C27H20Cl2N2O3S/c28-21-10-12-23(13-11-21)31-35(33,34)24-16-14-22(15-17-24)30-27(32)25(19-6-2-1-3-7-19)18-20-8-4-5-9-26(20)29/h1-18,31H,(H,30,32)/b25-18+. The number of hydrogen-bond acceptors (Lipinski definition) is 3. The molecule has 0 aromatic heterocycles. The fraction of sp³-hybridized carbons (Fsp3) is 0. The van der Waals surface area contributed by atoms with E-state index in [-0.39, 0.29) is 10.8 Å². The first-order valence-electron chi connectivity index (χ1n) is 10.5. The smallest absolute Gasteiger partial charge is 0.261 e. The molecule has 4 rings (SSSR count). The Morgan fingerprint density at radius 1 is 0.714 bits per heavy atom. The molecule has 2 N–H and O–H groups in total. The number of sulfonamides is 1. The summed E-state index contributed by atoms with van der Waals surface area (Å²) in [5.74, 6) is -0.356. The average Bonchev–Trinajstić information content (AvgIpc) is 2.85. The minimum absolute atomic E-state index is 0.0559. The Morgan fingerprint density at radius 3 is 1.97 bits per heavy atom. The quantitative estimate of drug-likeness (QED) is 0.203. The van der Waals surface area contributed by atoms with Gasteiger partial charge in [-0.05, 0) is 71.8 Å². The van der Waals surface area contributed by atoms with Crippen LogP contribution in [0.4, 0.5) is 11.4 Å². The largest absolute Gasteiger partial charge is 0.322 e. The van der Waals surface area contributed by atoms with Crippen LogP contribution < -0.4 is 10.0 Å². The van der Waals surface area contributed by atoms with Gasteiger partial charge < -0.3 is 5.32 Å². The minimum atomic E-state index is -3.81. The third-order valence-electron chi connectivity index (χ3n) is 5.05. The van der Waals surface area contributed by atoms with Crippen LogP contribution in [0, 0.1) is 0 Å². The zero-order valence-corrected chi connectivity index (χ0v) is 20.6. The number of nitrogens with one attached hydrogen (secondary N) is 2. The summed E-state index contributed by atoms with van der Waals surface area (Å²) >= 11 is 12.2. The molecular weight excluding hydrogens is 503 g/mol. The van der Waals surface area contributed by atoms with E-state index in [0.29, 0.717) is 32.6 Å². The molecule has 0 aliphatic rings. The average molecular weight is 523 g/mol. The minimum Gasteiger partial charge on any atom is -0.322 e. The van der Waals surface area contributed by atoms with Crippen molar-refractivity contribution in [2.75, 3.05) is 10.0 Å². The first-order chi connectivity index (χ1) is 16.8. The van der Waals surface area contributed by atoms with Crippen LogP contribution in [-0.4, -0.2) is 14.3 Å². The molecule has 0 radical (unpaired) electrons. The predicted molar refractivity (Wildman–Crippen MR) is 143 cm³/mol. The van der Waals surface area contributed by atoms with Crippen molar-refractivity contribution >= 4 is 62.2 Å². The summed E-state index contributed by atoms with van der Waals surface area (Å²) in [4.78, 5) is 13.3. The van der Waals surface area contributed by atoms with E-state index in [4.69, 9.17) is 23.2 Å². The van der Waals surface area contributed by atoms with Gasteiger partial charge in [-0.25, -0.2) is 8.42 Å². The van der Waals surface area contributed by atoms with E-state index >= 15 is 0 Å². The van der Waals surface area contributed by atoms with Crippen molar-refractivity contribution in [3.8, 4) is 0 Å². The molecule has 8 heteroatoms. The molecule has 0 aliphatic carbocycles. The lowest BCUT2D eigenvalue weighted by Crippen LogP contribution is -2.15. The number of anilines is 2. The number of amides is 1. The molecule has 4 aromatic rings. The van der Waals surface area contributed by atoms with Gasteiger partial charge in [0.25, 0.3) is 15.9 Å². The van der Waals surface area contributed by atoms with Crippen LogP contribution in [0.1, 0.15) is 11.1 Å². The highest BCUT2D eigenvalue weighted by Gasteiger charge is 2.16. The molecular formula is C27H20Cl2N2O3S. The first kappa shape index (κ1) is 24.5. The van der Waals surface area contributed by atoms with E-state index in [2.05, 4.69) is 10.0 Å². The van der Waals surface area contributed by atoms with Gasteiger partial charge in [0, 0.05) is 27.0 Å². The highest BCUT2D eigenvalue weighted by molar-refractivity contribution is 7.92. The molecule has 0 bridgehead atoms. The van der Waals surface area contributed by atoms with Gasteiger partial charge in [-0.2, -0.15) is 0 Å². The summed E-state index contributed by atoms with van der Waals surface area (Å²) in [6.45, 7) is 0. The zero-order chi connectivity index (χ0) is 24.8. The van der Waals surface area contributed by atoms with Gasteiger partial charge in [0.2, 0.25) is 0 Å². The third kappa shape index (κ3) is 6.31. The van der Waals surface area contributed by atoms with E-state index in [0.717, 1.165) is 5.56 Å². The Labute approximate surface area is 214 Å². The summed E-state index contributed by atoms with van der Waals surface area (Å²) in [7, 11) is -3.81. The Balaban J connectivity index is 1.56. The summed E-state index contributed by atoms with van der Waals surface area (Å²) in [6, 6.07) is 28.7. The van der Waals surface area contributed by atoms with Crippen molar-refractivity contribution in [3.63, 3.8) is 0 Å². The molecule has 0 aliphatic heterocycles. The molecule has 0 fully saturated rings. The van der Waals surface area contributed by atoms with Gasteiger partial charge in [0.05, 0.1) is 4.90 Å². The van der Waals surface area contributed by atoms with Crippen molar-refractivity contribution in [2.24, 2.45) is 0 Å². The topological polar surface area (TPSA) is 75.3 Å². The zero-order valence-electron chi connectivity index (χ0n) is 18.3. The summed E-state index contributed by atoms with van der Waals surface area (Å²) < 4.78 is 27.9. The SMILES string of the molecule is O=C(Nc1ccc(S(=O)(=O)Nc2ccc(Cl)cc2)cc1)/C(=C/c1ccccc1Cl)c1ccccc1. The Morgan fingerprint density at radius 2 is 1.31 bits per heavy atom. The molecule has 5 nitrogen and oxygen atoms in total. The second-order valence-corrected chi connectivity index (χ2v) is 10.1. The lowest BCUT2D eigenvalue weighted by Gasteiger charge is -2.12. The third-order valence-corrected chi connectivity index (χ3v) is 7.05. The van der Waals surface area contributed by atoms with Crippen LogP contribution >= 0.6 is 23.2 Å². The number of benzene rings is 4. The van der Waals surface area contributed by atoms with Gasteiger partial charge in [-0.1, -0.05) is 71.7 Å². The molecule has 0 saturated heterocycles. The van der Waals surface area contributed by atoms with Crippen LogP contribution in [0.5, 0.6) is 0 Å². The van der Waals surface area contributed by atoms with Crippen molar-refractivity contribution in [1.29, 1.82) is 0 Å². The van der Waals surface area contributed by atoms with Crippen LogP contribution in [-0.2, 0) is 14.8 Å². The highest BCUT2D eigenvalue weighted by Crippen LogP contribution is 2.25. The number of carbonyl (C=O) groups is 1. The monoisotopic (exact) mass is 522 g/mol. The van der Waals surface area contributed by atoms with Crippen molar-refractivity contribution in [1.82, 2.24) is 0 Å². The second-order valence-electron chi connectivity index (χ2n) is 7.54. The Hall–Kier alpha value is -3.58. The normalized spacial score (nSPS) is 11.7. The predicted octanol–water partition coefficient (Wildman–Crippen LogP) is 6.97. The van der Waals surface area contributed by atoms with Crippen molar-refractivity contribution in [2.45, 2.75) is 4.90 Å². The van der Waals surface area contributed by atoms with Gasteiger partial charge in [0.1, 0.15) is 0 Å². The van der Waals surface area contributed by atoms with Crippen LogP contribution in [0.15, 0.2) is 108 Å². The Kier molecular flexibility index (Phi) is 7.56. The molecule has 0 spiro atoms. The van der Waals surface area contributed by atoms with E-state index in [1.54, 1.807) is 36.4 Å². The number of hydrogen-bond donors (Lipinski definition) is 2. The molecule has 0 unspecified atom stereocenters. The number of rotatable bonds is 7. The lowest BCUT2D eigenvalue weighted by molar-refractivity contribution is -0.111. The van der Waals surface area contributed by atoms with E-state index < -0.39 is 10.0 Å². The van der Waals surface area contributed by atoms with Crippen molar-refractivity contribution < 1.29 is 13.2 Å². The van der Waals surface area contributed by atoms with Gasteiger partial charge in [0.15, 0.2) is 0 Å². The fourth-order valence-electron chi connectivity index (χ4n) is 3.29. The van der Waals surface area contributed by atoms with E-state index in [1.165, 1.54) is 24.3 Å². The second kappa shape index (κ2) is 10.8. The molecule has 35 heavy (non-hydrogen) atoms. The van der Waals surface area contributed by atoms with E-state index in [1.807, 2.05) is 48.5 Å². The molecule has 176 valence electrons. The first-order valence-corrected chi connectivity index (χ1v) is 12.8. The highest BCUT2D eigenvalue weighted by atomic mass is 35.5. The molecule has 0 atom stereocenters. The molecule has 1 amide bonds. The molecule has 0 heterocycles. The van der Waals surface area contributed by atoms with Gasteiger partial charge in [-0.3, -0.25) is 9.52 Å². The maximum absolute atomic E-state index is 13.2. The summed E-state index contributed by atoms with van der Waals surface area (Å²) in [5.41, 5.74) is 2.68. The fourth-order valence-corrected chi connectivity index (χ4v) is 4.67. The maximum atomic E-state index is 13.2. The lowest BCUT2D eigenvalue weighted by atomic mass is 10.0. The van der Waals surface area contributed by atoms with Crippen LogP contribution in [0.3, 0.4) is 0 Å². The van der Waals surface area contributed by atoms with Crippen molar-refractivity contribution in [3.05, 3.63) is 124 Å². The number of halogens is 2. The van der Waals surface area contributed by atoms with Gasteiger partial charge >= 0.3 is 0 Å².